The molecule has 4 rings (SSSR count). The number of amides is 1. The van der Waals surface area contributed by atoms with E-state index in [1.54, 1.807) is 12.1 Å². The fourth-order valence-electron chi connectivity index (χ4n) is 3.28. The number of nitrogens with zero attached hydrogens (tertiary/aromatic N) is 3. The molecule has 1 heterocycles. The summed E-state index contributed by atoms with van der Waals surface area (Å²) in [6.07, 6.45) is -0.466. The molecular formula is C25H22BrFN4O2S. The number of nitrogens with one attached hydrogen (secondary N) is 1. The Balaban J connectivity index is 1.52. The van der Waals surface area contributed by atoms with Gasteiger partial charge in [0.15, 0.2) is 17.1 Å². The number of rotatable bonds is 8. The number of benzene rings is 3. The number of ether oxygens (including phenoxy) is 1. The summed E-state index contributed by atoms with van der Waals surface area (Å²) in [6, 6.07) is 21.1. The minimum atomic E-state index is -0.466. The molecule has 9 heteroatoms. The maximum Gasteiger partial charge on any atom is 0.234 e. The zero-order chi connectivity index (χ0) is 24.1. The van der Waals surface area contributed by atoms with Crippen LogP contribution >= 0.6 is 27.7 Å². The average molecular weight is 541 g/mol. The number of carbonyl (C=O) groups is 1. The lowest BCUT2D eigenvalue weighted by atomic mass is 10.2. The summed E-state index contributed by atoms with van der Waals surface area (Å²) in [7, 11) is 0. The lowest BCUT2D eigenvalue weighted by molar-refractivity contribution is -0.113. The van der Waals surface area contributed by atoms with Crippen LogP contribution < -0.4 is 10.1 Å². The molecule has 3 aromatic carbocycles. The van der Waals surface area contributed by atoms with Crippen molar-refractivity contribution in [3.8, 4) is 11.4 Å². The molecule has 0 fully saturated rings. The van der Waals surface area contributed by atoms with Crippen molar-refractivity contribution in [1.29, 1.82) is 0 Å². The number of anilines is 1. The number of aromatic nitrogens is 3. The van der Waals surface area contributed by atoms with Crippen LogP contribution in [0, 0.1) is 12.7 Å². The van der Waals surface area contributed by atoms with Gasteiger partial charge in [0.1, 0.15) is 11.6 Å². The van der Waals surface area contributed by atoms with Crippen molar-refractivity contribution in [2.75, 3.05) is 11.1 Å². The van der Waals surface area contributed by atoms with E-state index in [0.717, 1.165) is 21.4 Å². The van der Waals surface area contributed by atoms with Crippen molar-refractivity contribution >= 4 is 39.3 Å². The predicted molar refractivity (Wildman–Crippen MR) is 135 cm³/mol. The molecule has 1 N–H and O–H groups in total. The molecule has 0 aliphatic rings. The van der Waals surface area contributed by atoms with Gasteiger partial charge in [0.05, 0.1) is 5.75 Å². The quantitative estimate of drug-likeness (QED) is 0.264. The van der Waals surface area contributed by atoms with E-state index in [1.807, 2.05) is 66.9 Å². The fraction of sp³-hybridized carbons (Fsp3) is 0.160. The van der Waals surface area contributed by atoms with E-state index in [1.165, 1.54) is 23.9 Å². The summed E-state index contributed by atoms with van der Waals surface area (Å²) in [4.78, 5) is 12.6. The van der Waals surface area contributed by atoms with Gasteiger partial charge in [-0.25, -0.2) is 4.39 Å². The second-order valence-corrected chi connectivity index (χ2v) is 9.32. The van der Waals surface area contributed by atoms with E-state index < -0.39 is 6.10 Å². The van der Waals surface area contributed by atoms with Crippen molar-refractivity contribution in [3.05, 3.63) is 94.5 Å². The third kappa shape index (κ3) is 5.84. The molecule has 0 aliphatic carbocycles. The van der Waals surface area contributed by atoms with Crippen LogP contribution in [-0.4, -0.2) is 26.4 Å². The maximum atomic E-state index is 13.2. The van der Waals surface area contributed by atoms with Crippen LogP contribution in [0.1, 0.15) is 24.4 Å². The third-order valence-corrected chi connectivity index (χ3v) is 6.76. The molecule has 174 valence electrons. The Labute approximate surface area is 209 Å². The minimum Gasteiger partial charge on any atom is -0.483 e. The lowest BCUT2D eigenvalue weighted by Gasteiger charge is -2.16. The Morgan fingerprint density at radius 3 is 2.56 bits per heavy atom. The van der Waals surface area contributed by atoms with Gasteiger partial charge in [-0.2, -0.15) is 0 Å². The first-order valence-electron chi connectivity index (χ1n) is 10.5. The first-order chi connectivity index (χ1) is 16.4. The minimum absolute atomic E-state index is 0.147. The van der Waals surface area contributed by atoms with E-state index in [-0.39, 0.29) is 17.5 Å². The van der Waals surface area contributed by atoms with E-state index in [2.05, 4.69) is 31.4 Å². The summed E-state index contributed by atoms with van der Waals surface area (Å²) in [6.45, 7) is 3.82. The standard InChI is InChI=1S/C25H22BrFN4O2S/c1-16-14-19(10-13-22(16)26)28-23(32)15-34-25-30-29-24(31(25)20-6-4-3-5-7-20)17(2)33-21-11-8-18(27)9-12-21/h3-14,17H,15H2,1-2H3,(H,28,32). The number of hydrogen-bond donors (Lipinski definition) is 1. The Hall–Kier alpha value is -3.17. The average Bonchev–Trinajstić information content (AvgIpc) is 3.26. The number of halogens is 2. The molecule has 0 radical (unpaired) electrons. The number of thioether (sulfide) groups is 1. The van der Waals surface area contributed by atoms with Crippen molar-refractivity contribution in [3.63, 3.8) is 0 Å². The van der Waals surface area contributed by atoms with Crippen LogP contribution in [0.5, 0.6) is 5.75 Å². The Bertz CT molecular complexity index is 1280. The molecule has 0 bridgehead atoms. The summed E-state index contributed by atoms with van der Waals surface area (Å²) in [5.74, 6) is 0.777. The lowest BCUT2D eigenvalue weighted by Crippen LogP contribution is -2.15. The number of carbonyl (C=O) groups excluding carboxylic acids is 1. The van der Waals surface area contributed by atoms with Gasteiger partial charge in [0, 0.05) is 15.8 Å². The number of aryl methyl sites for hydroxylation is 1. The van der Waals surface area contributed by atoms with E-state index >= 15 is 0 Å². The van der Waals surface area contributed by atoms with Crippen LogP contribution in [0.2, 0.25) is 0 Å². The summed E-state index contributed by atoms with van der Waals surface area (Å²) in [5.41, 5.74) is 2.62. The molecule has 34 heavy (non-hydrogen) atoms. The van der Waals surface area contributed by atoms with Crippen molar-refractivity contribution in [2.24, 2.45) is 0 Å². The van der Waals surface area contributed by atoms with Gasteiger partial charge in [-0.1, -0.05) is 45.9 Å². The Morgan fingerprint density at radius 1 is 1.12 bits per heavy atom. The van der Waals surface area contributed by atoms with Crippen LogP contribution in [0.3, 0.4) is 0 Å². The van der Waals surface area contributed by atoms with Gasteiger partial charge in [0.25, 0.3) is 0 Å². The highest BCUT2D eigenvalue weighted by Gasteiger charge is 2.21. The van der Waals surface area contributed by atoms with Crippen molar-refractivity contribution in [2.45, 2.75) is 25.1 Å². The molecular weight excluding hydrogens is 519 g/mol. The third-order valence-electron chi connectivity index (χ3n) is 4.94. The molecule has 0 saturated carbocycles. The summed E-state index contributed by atoms with van der Waals surface area (Å²) < 4.78 is 22.1. The van der Waals surface area contributed by atoms with Crippen LogP contribution in [-0.2, 0) is 4.79 Å². The molecule has 0 saturated heterocycles. The second kappa shape index (κ2) is 10.8. The maximum absolute atomic E-state index is 13.2. The number of para-hydroxylation sites is 1. The summed E-state index contributed by atoms with van der Waals surface area (Å²) >= 11 is 4.75. The first kappa shape index (κ1) is 24.0. The second-order valence-electron chi connectivity index (χ2n) is 7.53. The highest BCUT2D eigenvalue weighted by Crippen LogP contribution is 2.28. The topological polar surface area (TPSA) is 69.0 Å². The molecule has 1 amide bonds. The van der Waals surface area contributed by atoms with Crippen LogP contribution in [0.4, 0.5) is 10.1 Å². The zero-order valence-corrected chi connectivity index (χ0v) is 20.9. The van der Waals surface area contributed by atoms with Gasteiger partial charge in [-0.3, -0.25) is 9.36 Å². The van der Waals surface area contributed by atoms with Crippen LogP contribution in [0.25, 0.3) is 5.69 Å². The molecule has 1 aromatic heterocycles. The van der Waals surface area contributed by atoms with Gasteiger partial charge >= 0.3 is 0 Å². The van der Waals surface area contributed by atoms with Crippen molar-refractivity contribution < 1.29 is 13.9 Å². The predicted octanol–water partition coefficient (Wildman–Crippen LogP) is 6.35. The molecule has 0 aliphatic heterocycles. The highest BCUT2D eigenvalue weighted by atomic mass is 79.9. The Morgan fingerprint density at radius 2 is 1.85 bits per heavy atom. The van der Waals surface area contributed by atoms with Gasteiger partial charge in [-0.15, -0.1) is 10.2 Å². The molecule has 1 atom stereocenters. The van der Waals surface area contributed by atoms with E-state index in [0.29, 0.717) is 16.7 Å². The summed E-state index contributed by atoms with van der Waals surface area (Å²) in [5, 5.41) is 12.1. The molecule has 4 aromatic rings. The molecule has 6 nitrogen and oxygen atoms in total. The molecule has 1 unspecified atom stereocenters. The van der Waals surface area contributed by atoms with Gasteiger partial charge in [0.2, 0.25) is 5.91 Å². The van der Waals surface area contributed by atoms with E-state index in [9.17, 15) is 9.18 Å². The largest absolute Gasteiger partial charge is 0.483 e. The smallest absolute Gasteiger partial charge is 0.234 e. The van der Waals surface area contributed by atoms with Crippen LogP contribution in [0.15, 0.2) is 82.4 Å². The normalized spacial score (nSPS) is 11.8. The Kier molecular flexibility index (Phi) is 7.64. The van der Waals surface area contributed by atoms with Gasteiger partial charge in [-0.05, 0) is 74.0 Å². The van der Waals surface area contributed by atoms with Crippen molar-refractivity contribution in [1.82, 2.24) is 14.8 Å². The highest BCUT2D eigenvalue weighted by molar-refractivity contribution is 9.10. The molecule has 0 spiro atoms. The SMILES string of the molecule is Cc1cc(NC(=O)CSc2nnc(C(C)Oc3ccc(F)cc3)n2-c2ccccc2)ccc1Br. The first-order valence-corrected chi connectivity index (χ1v) is 12.3. The zero-order valence-electron chi connectivity index (χ0n) is 18.5. The number of hydrogen-bond acceptors (Lipinski definition) is 5. The van der Waals surface area contributed by atoms with E-state index in [4.69, 9.17) is 4.74 Å². The monoisotopic (exact) mass is 540 g/mol. The fourth-order valence-corrected chi connectivity index (χ4v) is 4.28. The van der Waals surface area contributed by atoms with Gasteiger partial charge < -0.3 is 10.1 Å².